The topological polar surface area (TPSA) is 49.3 Å². The van der Waals surface area contributed by atoms with Gasteiger partial charge in [0.25, 0.3) is 0 Å². The third-order valence-corrected chi connectivity index (χ3v) is 3.13. The van der Waals surface area contributed by atoms with Crippen molar-refractivity contribution in [3.63, 3.8) is 0 Å². The molecular weight excluding hydrogens is 238 g/mol. The maximum Gasteiger partial charge on any atom is 0.337 e. The van der Waals surface area contributed by atoms with E-state index in [4.69, 9.17) is 5.11 Å². The summed E-state index contributed by atoms with van der Waals surface area (Å²) in [5, 5.41) is 12.3. The van der Waals surface area contributed by atoms with Gasteiger partial charge in [-0.25, -0.2) is 4.79 Å². The largest absolute Gasteiger partial charge is 0.478 e. The molecule has 0 aliphatic carbocycles. The number of anilines is 1. The van der Waals surface area contributed by atoms with Crippen LogP contribution in [0.5, 0.6) is 0 Å². The second kappa shape index (κ2) is 6.05. The van der Waals surface area contributed by atoms with E-state index < -0.39 is 5.97 Å². The first-order valence-electron chi connectivity index (χ1n) is 6.35. The molecule has 0 amide bonds. The van der Waals surface area contributed by atoms with Crippen molar-refractivity contribution in [2.24, 2.45) is 0 Å². The van der Waals surface area contributed by atoms with Gasteiger partial charge in [-0.2, -0.15) is 0 Å². The fourth-order valence-corrected chi connectivity index (χ4v) is 2.09. The van der Waals surface area contributed by atoms with Gasteiger partial charge in [0, 0.05) is 12.2 Å². The lowest BCUT2D eigenvalue weighted by molar-refractivity contribution is 0.0698. The van der Waals surface area contributed by atoms with Gasteiger partial charge in [-0.1, -0.05) is 43.3 Å². The van der Waals surface area contributed by atoms with Crippen molar-refractivity contribution in [3.8, 4) is 0 Å². The Morgan fingerprint density at radius 3 is 2.37 bits per heavy atom. The number of carboxylic acids is 1. The van der Waals surface area contributed by atoms with Gasteiger partial charge >= 0.3 is 5.97 Å². The molecule has 0 radical (unpaired) electrons. The fourth-order valence-electron chi connectivity index (χ4n) is 2.09. The van der Waals surface area contributed by atoms with Crippen LogP contribution in [0.25, 0.3) is 0 Å². The Morgan fingerprint density at radius 2 is 1.68 bits per heavy atom. The smallest absolute Gasteiger partial charge is 0.337 e. The van der Waals surface area contributed by atoms with Crippen molar-refractivity contribution in [1.29, 1.82) is 0 Å². The van der Waals surface area contributed by atoms with E-state index in [-0.39, 0.29) is 0 Å². The molecule has 0 fully saturated rings. The van der Waals surface area contributed by atoms with E-state index in [1.807, 2.05) is 18.2 Å². The van der Waals surface area contributed by atoms with Gasteiger partial charge in [0.2, 0.25) is 0 Å². The summed E-state index contributed by atoms with van der Waals surface area (Å²) in [6, 6.07) is 15.1. The van der Waals surface area contributed by atoms with Crippen LogP contribution < -0.4 is 5.32 Å². The van der Waals surface area contributed by atoms with Crippen molar-refractivity contribution in [2.45, 2.75) is 19.9 Å². The first-order valence-corrected chi connectivity index (χ1v) is 6.35. The van der Waals surface area contributed by atoms with Crippen molar-refractivity contribution < 1.29 is 9.90 Å². The number of carbonyl (C=O) groups is 1. The zero-order chi connectivity index (χ0) is 13.7. The number of aromatic carboxylic acids is 1. The molecule has 0 bridgehead atoms. The predicted molar refractivity (Wildman–Crippen MR) is 76.5 cm³/mol. The molecule has 2 aromatic rings. The summed E-state index contributed by atoms with van der Waals surface area (Å²) in [6.45, 7) is 2.75. The third-order valence-electron chi connectivity index (χ3n) is 3.13. The van der Waals surface area contributed by atoms with Crippen molar-refractivity contribution >= 4 is 11.7 Å². The van der Waals surface area contributed by atoms with Gasteiger partial charge in [-0.15, -0.1) is 0 Å². The molecule has 0 aliphatic rings. The molecule has 0 saturated carbocycles. The minimum absolute atomic E-state index is 0.302. The normalized spacial score (nSPS) is 10.2. The van der Waals surface area contributed by atoms with Crippen LogP contribution in [0.1, 0.15) is 28.4 Å². The second-order valence-electron chi connectivity index (χ2n) is 4.33. The van der Waals surface area contributed by atoms with E-state index in [1.165, 1.54) is 11.1 Å². The van der Waals surface area contributed by atoms with Crippen molar-refractivity contribution in [1.82, 2.24) is 0 Å². The van der Waals surface area contributed by atoms with Crippen LogP contribution in [0, 0.1) is 0 Å². The minimum atomic E-state index is -0.910. The number of aryl methyl sites for hydroxylation is 1. The highest BCUT2D eigenvalue weighted by atomic mass is 16.4. The standard InChI is InChI=1S/C16H17NO2/c1-2-12-7-3-4-8-13(12)11-17-15-10-6-5-9-14(15)16(18)19/h3-10,17H,2,11H2,1H3,(H,18,19). The summed E-state index contributed by atoms with van der Waals surface area (Å²) in [7, 11) is 0. The lowest BCUT2D eigenvalue weighted by Crippen LogP contribution is -2.07. The SMILES string of the molecule is CCc1ccccc1CNc1ccccc1C(=O)O. The number of para-hydroxylation sites is 1. The molecule has 3 nitrogen and oxygen atoms in total. The maximum absolute atomic E-state index is 11.1. The molecule has 2 rings (SSSR count). The van der Waals surface area contributed by atoms with E-state index >= 15 is 0 Å². The minimum Gasteiger partial charge on any atom is -0.478 e. The Bertz CT molecular complexity index is 578. The Hall–Kier alpha value is -2.29. The summed E-state index contributed by atoms with van der Waals surface area (Å²) < 4.78 is 0. The molecular formula is C16H17NO2. The summed E-state index contributed by atoms with van der Waals surface area (Å²) in [5.41, 5.74) is 3.44. The molecule has 2 aromatic carbocycles. The summed E-state index contributed by atoms with van der Waals surface area (Å²) in [5.74, 6) is -0.910. The lowest BCUT2D eigenvalue weighted by atomic mass is 10.1. The van der Waals surface area contributed by atoms with Gasteiger partial charge in [-0.3, -0.25) is 0 Å². The highest BCUT2D eigenvalue weighted by Gasteiger charge is 2.08. The van der Waals surface area contributed by atoms with Gasteiger partial charge < -0.3 is 10.4 Å². The van der Waals surface area contributed by atoms with Crippen LogP contribution in [0.2, 0.25) is 0 Å². The number of hydrogen-bond donors (Lipinski definition) is 2. The number of hydrogen-bond acceptors (Lipinski definition) is 2. The molecule has 19 heavy (non-hydrogen) atoms. The predicted octanol–water partition coefficient (Wildman–Crippen LogP) is 3.56. The first-order chi connectivity index (χ1) is 9.22. The van der Waals surface area contributed by atoms with E-state index in [9.17, 15) is 4.79 Å². The maximum atomic E-state index is 11.1. The van der Waals surface area contributed by atoms with Gasteiger partial charge in [-0.05, 0) is 29.7 Å². The van der Waals surface area contributed by atoms with E-state index in [2.05, 4.69) is 24.4 Å². The summed E-state index contributed by atoms with van der Waals surface area (Å²) >= 11 is 0. The van der Waals surface area contributed by atoms with E-state index in [1.54, 1.807) is 18.2 Å². The van der Waals surface area contributed by atoms with Crippen LogP contribution in [-0.4, -0.2) is 11.1 Å². The number of rotatable bonds is 5. The molecule has 0 heterocycles. The van der Waals surface area contributed by atoms with Crippen LogP contribution in [0.3, 0.4) is 0 Å². The Kier molecular flexibility index (Phi) is 4.18. The highest BCUT2D eigenvalue weighted by molar-refractivity contribution is 5.94. The van der Waals surface area contributed by atoms with Gasteiger partial charge in [0.15, 0.2) is 0 Å². The zero-order valence-corrected chi connectivity index (χ0v) is 10.9. The van der Waals surface area contributed by atoms with Crippen molar-refractivity contribution in [2.75, 3.05) is 5.32 Å². The molecule has 0 spiro atoms. The molecule has 0 aliphatic heterocycles. The monoisotopic (exact) mass is 255 g/mol. The molecule has 98 valence electrons. The molecule has 3 heteroatoms. The van der Waals surface area contributed by atoms with Crippen LogP contribution >= 0.6 is 0 Å². The van der Waals surface area contributed by atoms with Crippen LogP contribution in [0.15, 0.2) is 48.5 Å². The van der Waals surface area contributed by atoms with Gasteiger partial charge in [0.1, 0.15) is 0 Å². The Labute approximate surface area is 112 Å². The van der Waals surface area contributed by atoms with E-state index in [0.29, 0.717) is 17.8 Å². The Morgan fingerprint density at radius 1 is 1.05 bits per heavy atom. The Balaban J connectivity index is 2.17. The molecule has 0 saturated heterocycles. The highest BCUT2D eigenvalue weighted by Crippen LogP contribution is 2.17. The number of nitrogens with one attached hydrogen (secondary N) is 1. The molecule has 0 aromatic heterocycles. The quantitative estimate of drug-likeness (QED) is 0.858. The lowest BCUT2D eigenvalue weighted by Gasteiger charge is -2.12. The average Bonchev–Trinajstić information content (AvgIpc) is 2.45. The average molecular weight is 255 g/mol. The fraction of sp³-hybridized carbons (Fsp3) is 0.188. The molecule has 2 N–H and O–H groups in total. The van der Waals surface area contributed by atoms with Crippen LogP contribution in [0.4, 0.5) is 5.69 Å². The first kappa shape index (κ1) is 13.1. The summed E-state index contributed by atoms with van der Waals surface area (Å²) in [6.07, 6.45) is 0.971. The summed E-state index contributed by atoms with van der Waals surface area (Å²) in [4.78, 5) is 11.1. The van der Waals surface area contributed by atoms with Gasteiger partial charge in [0.05, 0.1) is 5.56 Å². The second-order valence-corrected chi connectivity index (χ2v) is 4.33. The number of carboxylic acid groups (broad SMARTS) is 1. The van der Waals surface area contributed by atoms with E-state index in [0.717, 1.165) is 6.42 Å². The molecule has 0 unspecified atom stereocenters. The van der Waals surface area contributed by atoms with Crippen molar-refractivity contribution in [3.05, 3.63) is 65.2 Å². The molecule has 0 atom stereocenters. The zero-order valence-electron chi connectivity index (χ0n) is 10.9. The number of benzene rings is 2. The van der Waals surface area contributed by atoms with Crippen LogP contribution in [-0.2, 0) is 13.0 Å². The third kappa shape index (κ3) is 3.13.